The lowest BCUT2D eigenvalue weighted by Crippen LogP contribution is -2.48. The third kappa shape index (κ3) is 3.61. The molecule has 2 rings (SSSR count). The molecule has 0 aromatic heterocycles. The van der Waals surface area contributed by atoms with Crippen LogP contribution in [0.3, 0.4) is 0 Å². The van der Waals surface area contributed by atoms with Crippen LogP contribution in [0.15, 0.2) is 0 Å². The summed E-state index contributed by atoms with van der Waals surface area (Å²) in [6.45, 7) is 3.20. The van der Waals surface area contributed by atoms with E-state index in [1.807, 2.05) is 0 Å². The zero-order valence-corrected chi connectivity index (χ0v) is 12.0. The van der Waals surface area contributed by atoms with Gasteiger partial charge in [-0.1, -0.05) is 0 Å². The van der Waals surface area contributed by atoms with Crippen molar-refractivity contribution in [3.63, 3.8) is 0 Å². The number of aliphatic carboxylic acids is 1. The maximum absolute atomic E-state index is 12.1. The third-order valence-corrected chi connectivity index (χ3v) is 4.07. The van der Waals surface area contributed by atoms with Crippen molar-refractivity contribution < 1.29 is 19.4 Å². The molecule has 3 atom stereocenters. The Balaban J connectivity index is 1.80. The van der Waals surface area contributed by atoms with E-state index in [0.717, 1.165) is 19.5 Å². The Morgan fingerprint density at radius 2 is 2.20 bits per heavy atom. The molecule has 7 nitrogen and oxygen atoms in total. The number of rotatable bonds is 4. The van der Waals surface area contributed by atoms with E-state index in [2.05, 4.69) is 17.3 Å². The van der Waals surface area contributed by atoms with Crippen LogP contribution in [0.1, 0.15) is 6.42 Å². The highest BCUT2D eigenvalue weighted by molar-refractivity contribution is 5.77. The van der Waals surface area contributed by atoms with Crippen molar-refractivity contribution in [2.75, 3.05) is 46.9 Å². The summed E-state index contributed by atoms with van der Waals surface area (Å²) in [7, 11) is 3.83. The van der Waals surface area contributed by atoms with Gasteiger partial charge in [0.2, 0.25) is 0 Å². The van der Waals surface area contributed by atoms with Gasteiger partial charge in [0.1, 0.15) is 5.92 Å². The minimum absolute atomic E-state index is 0.164. The van der Waals surface area contributed by atoms with E-state index in [4.69, 9.17) is 9.84 Å². The Morgan fingerprint density at radius 3 is 2.80 bits per heavy atom. The summed E-state index contributed by atoms with van der Waals surface area (Å²) in [4.78, 5) is 27.0. The number of carbonyl (C=O) groups is 2. The number of nitrogens with zero attached hydrogens (tertiary/aromatic N) is 2. The van der Waals surface area contributed by atoms with Gasteiger partial charge >= 0.3 is 12.0 Å². The van der Waals surface area contributed by atoms with Crippen molar-refractivity contribution in [2.45, 2.75) is 12.5 Å². The van der Waals surface area contributed by atoms with Crippen LogP contribution in [0.5, 0.6) is 0 Å². The standard InChI is InChI=1S/C13H23N3O4/c1-15-4-3-9(5-15)6-16(2)13(19)14-11-8-20-7-10(11)12(17)18/h9-11H,3-8H2,1-2H3,(H,14,19)(H,17,18). The molecular weight excluding hydrogens is 262 g/mol. The van der Waals surface area contributed by atoms with E-state index in [9.17, 15) is 9.59 Å². The molecule has 2 heterocycles. The van der Waals surface area contributed by atoms with Crippen molar-refractivity contribution in [1.29, 1.82) is 0 Å². The van der Waals surface area contributed by atoms with Crippen LogP contribution >= 0.6 is 0 Å². The molecule has 0 bridgehead atoms. The molecule has 0 saturated carbocycles. The summed E-state index contributed by atoms with van der Waals surface area (Å²) in [6.07, 6.45) is 1.10. The number of urea groups is 1. The van der Waals surface area contributed by atoms with Crippen LogP contribution in [-0.4, -0.2) is 79.9 Å². The predicted octanol–water partition coefficient (Wildman–Crippen LogP) is -0.321. The third-order valence-electron chi connectivity index (χ3n) is 4.07. The number of ether oxygens (including phenoxy) is 1. The van der Waals surface area contributed by atoms with E-state index in [1.54, 1.807) is 11.9 Å². The fourth-order valence-electron chi connectivity index (χ4n) is 2.85. The molecule has 0 aliphatic carbocycles. The number of amides is 2. The lowest BCUT2D eigenvalue weighted by Gasteiger charge is -2.24. The Morgan fingerprint density at radius 1 is 1.45 bits per heavy atom. The second-order valence-corrected chi connectivity index (χ2v) is 5.84. The smallest absolute Gasteiger partial charge is 0.317 e. The number of carboxylic acid groups (broad SMARTS) is 1. The lowest BCUT2D eigenvalue weighted by atomic mass is 10.0. The molecule has 2 aliphatic heterocycles. The van der Waals surface area contributed by atoms with Gasteiger partial charge in [0.25, 0.3) is 0 Å². The Labute approximate surface area is 118 Å². The number of likely N-dealkylation sites (tertiary alicyclic amines) is 1. The molecule has 2 N–H and O–H groups in total. The van der Waals surface area contributed by atoms with E-state index in [0.29, 0.717) is 12.5 Å². The van der Waals surface area contributed by atoms with E-state index < -0.39 is 17.9 Å². The molecule has 20 heavy (non-hydrogen) atoms. The Bertz CT molecular complexity index is 377. The zero-order valence-electron chi connectivity index (χ0n) is 12.0. The van der Waals surface area contributed by atoms with Gasteiger partial charge in [0.15, 0.2) is 0 Å². The topological polar surface area (TPSA) is 82.1 Å². The van der Waals surface area contributed by atoms with Crippen LogP contribution in [0.25, 0.3) is 0 Å². The monoisotopic (exact) mass is 285 g/mol. The highest BCUT2D eigenvalue weighted by Gasteiger charge is 2.35. The minimum Gasteiger partial charge on any atom is -0.481 e. The first kappa shape index (κ1) is 15.1. The first-order valence-electron chi connectivity index (χ1n) is 6.98. The highest BCUT2D eigenvalue weighted by atomic mass is 16.5. The summed E-state index contributed by atoms with van der Waals surface area (Å²) in [5.41, 5.74) is 0. The molecule has 0 aromatic rings. The Kier molecular flexibility index (Phi) is 4.82. The summed E-state index contributed by atoms with van der Waals surface area (Å²) in [5.74, 6) is -1.08. The minimum atomic E-state index is -0.923. The van der Waals surface area contributed by atoms with Crippen LogP contribution in [-0.2, 0) is 9.53 Å². The molecule has 2 fully saturated rings. The number of carboxylic acids is 1. The zero-order chi connectivity index (χ0) is 14.7. The fraction of sp³-hybridized carbons (Fsp3) is 0.846. The van der Waals surface area contributed by atoms with Gasteiger partial charge < -0.3 is 25.0 Å². The second kappa shape index (κ2) is 6.41. The molecule has 2 amide bonds. The van der Waals surface area contributed by atoms with Crippen molar-refractivity contribution in [3.05, 3.63) is 0 Å². The van der Waals surface area contributed by atoms with Gasteiger partial charge in [-0.3, -0.25) is 4.79 Å². The van der Waals surface area contributed by atoms with Crippen LogP contribution in [0.4, 0.5) is 4.79 Å². The van der Waals surface area contributed by atoms with E-state index in [-0.39, 0.29) is 19.2 Å². The van der Waals surface area contributed by atoms with E-state index in [1.165, 1.54) is 0 Å². The average molecular weight is 285 g/mol. The quantitative estimate of drug-likeness (QED) is 0.740. The van der Waals surface area contributed by atoms with Crippen LogP contribution < -0.4 is 5.32 Å². The van der Waals surface area contributed by atoms with Gasteiger partial charge in [-0.2, -0.15) is 0 Å². The maximum atomic E-state index is 12.1. The number of carbonyl (C=O) groups excluding carboxylic acids is 1. The molecule has 2 saturated heterocycles. The number of hydrogen-bond donors (Lipinski definition) is 2. The SMILES string of the molecule is CN1CCC(CN(C)C(=O)NC2COCC2C(=O)O)C1. The molecule has 0 aromatic carbocycles. The molecule has 0 radical (unpaired) electrons. The van der Waals surface area contributed by atoms with Crippen molar-refractivity contribution in [2.24, 2.45) is 11.8 Å². The maximum Gasteiger partial charge on any atom is 0.317 e. The molecule has 0 spiro atoms. The first-order chi connectivity index (χ1) is 9.47. The lowest BCUT2D eigenvalue weighted by molar-refractivity contribution is -0.142. The predicted molar refractivity (Wildman–Crippen MR) is 72.5 cm³/mol. The summed E-state index contributed by atoms with van der Waals surface area (Å²) >= 11 is 0. The highest BCUT2D eigenvalue weighted by Crippen LogP contribution is 2.16. The molecule has 7 heteroatoms. The fourth-order valence-corrected chi connectivity index (χ4v) is 2.85. The summed E-state index contributed by atoms with van der Waals surface area (Å²) in [6, 6.07) is -0.657. The second-order valence-electron chi connectivity index (χ2n) is 5.84. The first-order valence-corrected chi connectivity index (χ1v) is 6.98. The number of nitrogens with one attached hydrogen (secondary N) is 1. The molecule has 3 unspecified atom stereocenters. The summed E-state index contributed by atoms with van der Waals surface area (Å²) in [5, 5.41) is 11.8. The van der Waals surface area contributed by atoms with Gasteiger partial charge in [0, 0.05) is 20.1 Å². The van der Waals surface area contributed by atoms with Gasteiger partial charge in [-0.15, -0.1) is 0 Å². The number of hydrogen-bond acceptors (Lipinski definition) is 4. The van der Waals surface area contributed by atoms with Crippen LogP contribution in [0.2, 0.25) is 0 Å². The summed E-state index contributed by atoms with van der Waals surface area (Å²) < 4.78 is 5.14. The van der Waals surface area contributed by atoms with Crippen molar-refractivity contribution in [1.82, 2.24) is 15.1 Å². The largest absolute Gasteiger partial charge is 0.481 e. The average Bonchev–Trinajstić information content (AvgIpc) is 2.98. The van der Waals surface area contributed by atoms with Gasteiger partial charge in [-0.25, -0.2) is 4.79 Å². The molecule has 114 valence electrons. The molecule has 2 aliphatic rings. The van der Waals surface area contributed by atoms with E-state index >= 15 is 0 Å². The van der Waals surface area contributed by atoms with Crippen LogP contribution in [0, 0.1) is 11.8 Å². The van der Waals surface area contributed by atoms with Crippen molar-refractivity contribution in [3.8, 4) is 0 Å². The van der Waals surface area contributed by atoms with Crippen molar-refractivity contribution >= 4 is 12.0 Å². The molecular formula is C13H23N3O4. The van der Waals surface area contributed by atoms with Gasteiger partial charge in [0.05, 0.1) is 19.3 Å². The Hall–Kier alpha value is -1.34. The van der Waals surface area contributed by atoms with Gasteiger partial charge in [-0.05, 0) is 25.9 Å². The normalized spacial score (nSPS) is 30.4.